The van der Waals surface area contributed by atoms with Gasteiger partial charge in [-0.3, -0.25) is 9.59 Å². The number of rotatable bonds is 5. The average Bonchev–Trinajstić information content (AvgIpc) is 3.01. The van der Waals surface area contributed by atoms with Gasteiger partial charge in [-0.15, -0.1) is 0 Å². The van der Waals surface area contributed by atoms with Crippen molar-refractivity contribution in [2.75, 3.05) is 10.2 Å². The number of carbonyl (C=O) groups is 3. The Bertz CT molecular complexity index is 1320. The van der Waals surface area contributed by atoms with Crippen LogP contribution in [0, 0.1) is 0 Å². The molecule has 0 aliphatic carbocycles. The van der Waals surface area contributed by atoms with Crippen LogP contribution in [0.15, 0.2) is 77.5 Å². The van der Waals surface area contributed by atoms with Gasteiger partial charge in [0.25, 0.3) is 11.8 Å². The van der Waals surface area contributed by atoms with Crippen LogP contribution in [0.5, 0.6) is 5.75 Å². The molecule has 6 nitrogen and oxygen atoms in total. The van der Waals surface area contributed by atoms with Gasteiger partial charge >= 0.3 is 5.97 Å². The third kappa shape index (κ3) is 4.70. The first-order chi connectivity index (χ1) is 15.8. The van der Waals surface area contributed by atoms with Crippen molar-refractivity contribution in [2.45, 2.75) is 0 Å². The van der Waals surface area contributed by atoms with E-state index in [1.54, 1.807) is 36.4 Å². The molecule has 0 atom stereocenters. The lowest BCUT2D eigenvalue weighted by Crippen LogP contribution is -2.32. The Morgan fingerprint density at radius 2 is 1.48 bits per heavy atom. The van der Waals surface area contributed by atoms with E-state index in [-0.39, 0.29) is 37.8 Å². The Kier molecular flexibility index (Phi) is 6.63. The van der Waals surface area contributed by atoms with Crippen molar-refractivity contribution in [2.24, 2.45) is 0 Å². The Labute approximate surface area is 208 Å². The molecule has 166 valence electrons. The highest BCUT2D eigenvalue weighted by Crippen LogP contribution is 2.33. The number of nitrogens with zero attached hydrogens (tertiary/aromatic N) is 1. The maximum absolute atomic E-state index is 12.9. The summed E-state index contributed by atoms with van der Waals surface area (Å²) in [5, 5.41) is 3.32. The molecule has 0 fully saturated rings. The number of nitrogens with one attached hydrogen (secondary N) is 1. The van der Waals surface area contributed by atoms with Crippen molar-refractivity contribution >= 4 is 75.6 Å². The number of ether oxygens (including phenoxy) is 1. The lowest BCUT2D eigenvalue weighted by atomic mass is 10.2. The van der Waals surface area contributed by atoms with Gasteiger partial charge in [-0.05, 0) is 54.6 Å². The lowest BCUT2D eigenvalue weighted by Gasteiger charge is -2.15. The minimum atomic E-state index is -0.706. The number of hydrogen-bond acceptors (Lipinski definition) is 5. The molecule has 10 heteroatoms. The van der Waals surface area contributed by atoms with Gasteiger partial charge in [0.15, 0.2) is 0 Å². The predicted octanol–water partition coefficient (Wildman–Crippen LogP) is 6.30. The highest BCUT2D eigenvalue weighted by Gasteiger charge is 2.39. The van der Waals surface area contributed by atoms with Crippen LogP contribution >= 0.6 is 46.4 Å². The number of hydrogen-bond donors (Lipinski definition) is 1. The molecule has 0 aromatic heterocycles. The zero-order valence-electron chi connectivity index (χ0n) is 16.4. The summed E-state index contributed by atoms with van der Waals surface area (Å²) in [6.45, 7) is 0. The van der Waals surface area contributed by atoms with Gasteiger partial charge in [-0.2, -0.15) is 0 Å². The van der Waals surface area contributed by atoms with Gasteiger partial charge in [0.05, 0.1) is 26.3 Å². The summed E-state index contributed by atoms with van der Waals surface area (Å²) in [6, 6.07) is 17.0. The van der Waals surface area contributed by atoms with Crippen molar-refractivity contribution in [1.82, 2.24) is 0 Å². The largest absolute Gasteiger partial charge is 0.421 e. The number of halogens is 4. The van der Waals surface area contributed by atoms with E-state index in [0.29, 0.717) is 10.7 Å². The van der Waals surface area contributed by atoms with E-state index < -0.39 is 17.8 Å². The van der Waals surface area contributed by atoms with Crippen molar-refractivity contribution in [3.63, 3.8) is 0 Å². The number of para-hydroxylation sites is 1. The highest BCUT2D eigenvalue weighted by atomic mass is 35.5. The van der Waals surface area contributed by atoms with Gasteiger partial charge in [0.2, 0.25) is 0 Å². The standard InChI is InChI=1S/C23H12Cl4N2O4/c24-15-10-9-14(11-17(15)26)29-21(30)19(27)20(22(29)31)28-13-7-5-12(6-8-13)23(32)33-18-4-2-1-3-16(18)25/h1-11,28H. The Morgan fingerprint density at radius 1 is 0.788 bits per heavy atom. The van der Waals surface area contributed by atoms with Crippen molar-refractivity contribution < 1.29 is 19.1 Å². The molecule has 0 spiro atoms. The zero-order valence-corrected chi connectivity index (χ0v) is 19.5. The molecule has 0 saturated carbocycles. The van der Waals surface area contributed by atoms with E-state index in [1.807, 2.05) is 0 Å². The summed E-state index contributed by atoms with van der Waals surface area (Å²) in [7, 11) is 0. The minimum Gasteiger partial charge on any atom is -0.421 e. The molecule has 33 heavy (non-hydrogen) atoms. The fourth-order valence-corrected chi connectivity index (χ4v) is 3.67. The van der Waals surface area contributed by atoms with Gasteiger partial charge in [-0.1, -0.05) is 58.5 Å². The number of anilines is 2. The third-order valence-corrected chi connectivity index (χ3v) is 6.02. The zero-order chi connectivity index (χ0) is 23.7. The molecule has 1 heterocycles. The molecule has 0 radical (unpaired) electrons. The smallest absolute Gasteiger partial charge is 0.343 e. The monoisotopic (exact) mass is 520 g/mol. The molecule has 1 aliphatic rings. The van der Waals surface area contributed by atoms with Crippen LogP contribution in [-0.2, 0) is 9.59 Å². The number of amides is 2. The molecule has 2 amide bonds. The number of esters is 1. The second kappa shape index (κ2) is 9.45. The van der Waals surface area contributed by atoms with Crippen molar-refractivity contribution in [3.05, 3.63) is 98.1 Å². The van der Waals surface area contributed by atoms with Crippen LogP contribution < -0.4 is 15.0 Å². The second-order valence-electron chi connectivity index (χ2n) is 6.76. The Balaban J connectivity index is 1.50. The molecular weight excluding hydrogens is 510 g/mol. The lowest BCUT2D eigenvalue weighted by molar-refractivity contribution is -0.120. The minimum absolute atomic E-state index is 0.112. The molecule has 0 saturated heterocycles. The normalized spacial score (nSPS) is 13.5. The van der Waals surface area contributed by atoms with E-state index in [4.69, 9.17) is 51.1 Å². The summed E-state index contributed by atoms with van der Waals surface area (Å²) in [4.78, 5) is 38.7. The van der Waals surface area contributed by atoms with Crippen LogP contribution in [0.25, 0.3) is 0 Å². The molecule has 4 rings (SSSR count). The quantitative estimate of drug-likeness (QED) is 0.242. The van der Waals surface area contributed by atoms with E-state index in [1.165, 1.54) is 30.3 Å². The second-order valence-corrected chi connectivity index (χ2v) is 8.35. The topological polar surface area (TPSA) is 75.7 Å². The SMILES string of the molecule is O=C(Oc1ccccc1Cl)c1ccc(NC2=C(Cl)C(=O)N(c3ccc(Cl)c(Cl)c3)C2=O)cc1. The van der Waals surface area contributed by atoms with Gasteiger partial charge < -0.3 is 10.1 Å². The fourth-order valence-electron chi connectivity index (χ4n) is 2.99. The highest BCUT2D eigenvalue weighted by molar-refractivity contribution is 6.53. The van der Waals surface area contributed by atoms with Gasteiger partial charge in [0.1, 0.15) is 16.5 Å². The predicted molar refractivity (Wildman–Crippen MR) is 128 cm³/mol. The maximum Gasteiger partial charge on any atom is 0.343 e. The maximum atomic E-state index is 12.9. The summed E-state index contributed by atoms with van der Waals surface area (Å²) in [6.07, 6.45) is 0. The molecule has 0 unspecified atom stereocenters. The average molecular weight is 522 g/mol. The van der Waals surface area contributed by atoms with Crippen LogP contribution in [0.2, 0.25) is 15.1 Å². The van der Waals surface area contributed by atoms with Crippen molar-refractivity contribution in [3.8, 4) is 5.75 Å². The summed E-state index contributed by atoms with van der Waals surface area (Å²) >= 11 is 24.0. The van der Waals surface area contributed by atoms with E-state index in [2.05, 4.69) is 5.32 Å². The van der Waals surface area contributed by atoms with E-state index in [9.17, 15) is 14.4 Å². The number of imide groups is 1. The number of benzene rings is 3. The van der Waals surface area contributed by atoms with E-state index in [0.717, 1.165) is 4.90 Å². The fraction of sp³-hybridized carbons (Fsp3) is 0. The summed E-state index contributed by atoms with van der Waals surface area (Å²) in [5.41, 5.74) is 0.799. The molecule has 1 N–H and O–H groups in total. The first-order valence-electron chi connectivity index (χ1n) is 9.33. The molecular formula is C23H12Cl4N2O4. The summed E-state index contributed by atoms with van der Waals surface area (Å²) in [5.74, 6) is -1.74. The van der Waals surface area contributed by atoms with Gasteiger partial charge in [0, 0.05) is 5.69 Å². The van der Waals surface area contributed by atoms with Crippen LogP contribution in [-0.4, -0.2) is 17.8 Å². The molecule has 3 aromatic carbocycles. The number of carbonyl (C=O) groups excluding carboxylic acids is 3. The van der Waals surface area contributed by atoms with Crippen LogP contribution in [0.4, 0.5) is 11.4 Å². The van der Waals surface area contributed by atoms with Crippen LogP contribution in [0.1, 0.15) is 10.4 Å². The van der Waals surface area contributed by atoms with E-state index >= 15 is 0 Å². The van der Waals surface area contributed by atoms with Crippen molar-refractivity contribution in [1.29, 1.82) is 0 Å². The Hall–Kier alpha value is -3.03. The molecule has 0 bridgehead atoms. The first kappa shape index (κ1) is 23.1. The molecule has 1 aliphatic heterocycles. The molecule has 3 aromatic rings. The Morgan fingerprint density at radius 3 is 2.15 bits per heavy atom. The first-order valence-corrected chi connectivity index (χ1v) is 10.8. The summed E-state index contributed by atoms with van der Waals surface area (Å²) < 4.78 is 5.29. The van der Waals surface area contributed by atoms with Gasteiger partial charge in [-0.25, -0.2) is 9.69 Å². The van der Waals surface area contributed by atoms with Crippen LogP contribution in [0.3, 0.4) is 0 Å². The third-order valence-electron chi connectivity index (χ3n) is 4.62.